The fourth-order valence-corrected chi connectivity index (χ4v) is 2.16. The number of anilines is 1. The number of hydrogen-bond donors (Lipinski definition) is 0. The Hall–Kier alpha value is -1.14. The summed E-state index contributed by atoms with van der Waals surface area (Å²) in [7, 11) is 1.68. The Morgan fingerprint density at radius 1 is 1.15 bits per heavy atom. The van der Waals surface area contributed by atoms with Crippen LogP contribution in [0.25, 0.3) is 0 Å². The van der Waals surface area contributed by atoms with E-state index in [1.165, 1.54) is 0 Å². The smallest absolute Gasteiger partial charge is 0.322 e. The molecule has 1 aromatic rings. The van der Waals surface area contributed by atoms with Crippen LogP contribution in [0.5, 0.6) is 6.01 Å². The molecule has 0 unspecified atom stereocenters. The molecule has 0 spiro atoms. The fourth-order valence-electron chi connectivity index (χ4n) is 2.01. The van der Waals surface area contributed by atoms with Gasteiger partial charge in [-0.25, -0.2) is 0 Å². The minimum Gasteiger partial charge on any atom is -0.464 e. The van der Waals surface area contributed by atoms with Crippen molar-refractivity contribution in [2.45, 2.75) is 39.7 Å². The highest BCUT2D eigenvalue weighted by molar-refractivity contribution is 6.28. The third kappa shape index (κ3) is 4.76. The standard InChI is InChI=1S/C13H23ClN4O2/c1-5-10(6-2)18(8-9-19-4)12-15-11(14)16-13(17-12)20-7-3/h10H,5-9H2,1-4H3. The molecular weight excluding hydrogens is 280 g/mol. The summed E-state index contributed by atoms with van der Waals surface area (Å²) in [5.41, 5.74) is 0. The van der Waals surface area contributed by atoms with Gasteiger partial charge >= 0.3 is 6.01 Å². The Morgan fingerprint density at radius 2 is 1.85 bits per heavy atom. The molecule has 0 bridgehead atoms. The zero-order valence-corrected chi connectivity index (χ0v) is 13.4. The Morgan fingerprint density at radius 3 is 2.40 bits per heavy atom. The van der Waals surface area contributed by atoms with E-state index in [1.54, 1.807) is 7.11 Å². The lowest BCUT2D eigenvalue weighted by Crippen LogP contribution is -2.38. The van der Waals surface area contributed by atoms with Crippen molar-refractivity contribution in [1.29, 1.82) is 0 Å². The minimum absolute atomic E-state index is 0.145. The summed E-state index contributed by atoms with van der Waals surface area (Å²) in [6, 6.07) is 0.592. The highest BCUT2D eigenvalue weighted by Crippen LogP contribution is 2.20. The summed E-state index contributed by atoms with van der Waals surface area (Å²) >= 11 is 5.95. The Balaban J connectivity index is 3.04. The topological polar surface area (TPSA) is 60.4 Å². The molecule has 0 aliphatic rings. The molecule has 0 N–H and O–H groups in total. The van der Waals surface area contributed by atoms with Crippen molar-refractivity contribution in [3.8, 4) is 6.01 Å². The van der Waals surface area contributed by atoms with Gasteiger partial charge in [0, 0.05) is 19.7 Å². The van der Waals surface area contributed by atoms with Gasteiger partial charge in [-0.3, -0.25) is 0 Å². The summed E-state index contributed by atoms with van der Waals surface area (Å²) < 4.78 is 10.5. The van der Waals surface area contributed by atoms with E-state index in [0.29, 0.717) is 31.7 Å². The SMILES string of the molecule is CCOc1nc(Cl)nc(N(CCOC)C(CC)CC)n1. The summed E-state index contributed by atoms with van der Waals surface area (Å²) in [4.78, 5) is 14.6. The second-order valence-electron chi connectivity index (χ2n) is 4.28. The van der Waals surface area contributed by atoms with Crippen LogP contribution < -0.4 is 9.64 Å². The van der Waals surface area contributed by atoms with Gasteiger partial charge in [-0.1, -0.05) is 13.8 Å². The number of rotatable bonds is 9. The van der Waals surface area contributed by atoms with Gasteiger partial charge in [0.05, 0.1) is 13.2 Å². The summed E-state index contributed by atoms with van der Waals surface area (Å²) in [6.45, 7) is 7.95. The molecule has 20 heavy (non-hydrogen) atoms. The summed E-state index contributed by atoms with van der Waals surface area (Å²) in [5, 5.41) is 0.145. The van der Waals surface area contributed by atoms with Crippen LogP contribution in [0.15, 0.2) is 0 Å². The molecule has 0 saturated carbocycles. The predicted octanol–water partition coefficient (Wildman–Crippen LogP) is 2.57. The van der Waals surface area contributed by atoms with Gasteiger partial charge < -0.3 is 14.4 Å². The van der Waals surface area contributed by atoms with Crippen LogP contribution in [-0.2, 0) is 4.74 Å². The Labute approximate surface area is 125 Å². The highest BCUT2D eigenvalue weighted by atomic mass is 35.5. The third-order valence-corrected chi connectivity index (χ3v) is 3.19. The molecule has 7 heteroatoms. The van der Waals surface area contributed by atoms with Gasteiger partial charge in [0.25, 0.3) is 0 Å². The lowest BCUT2D eigenvalue weighted by molar-refractivity contribution is 0.202. The van der Waals surface area contributed by atoms with E-state index in [-0.39, 0.29) is 11.3 Å². The van der Waals surface area contributed by atoms with Crippen LogP contribution >= 0.6 is 11.6 Å². The average Bonchev–Trinajstić information content (AvgIpc) is 2.43. The minimum atomic E-state index is 0.145. The number of nitrogens with zero attached hydrogens (tertiary/aromatic N) is 4. The number of ether oxygens (including phenoxy) is 2. The maximum atomic E-state index is 5.95. The van der Waals surface area contributed by atoms with Gasteiger partial charge in [-0.05, 0) is 31.4 Å². The molecule has 114 valence electrons. The quantitative estimate of drug-likeness (QED) is 0.699. The molecule has 0 amide bonds. The third-order valence-electron chi connectivity index (χ3n) is 3.03. The van der Waals surface area contributed by atoms with Crippen molar-refractivity contribution in [1.82, 2.24) is 15.0 Å². The highest BCUT2D eigenvalue weighted by Gasteiger charge is 2.20. The fraction of sp³-hybridized carbons (Fsp3) is 0.769. The van der Waals surface area contributed by atoms with Crippen molar-refractivity contribution in [2.75, 3.05) is 31.8 Å². The van der Waals surface area contributed by atoms with E-state index in [1.807, 2.05) is 6.92 Å². The molecular formula is C13H23ClN4O2. The van der Waals surface area contributed by atoms with Gasteiger partial charge in [0.15, 0.2) is 0 Å². The van der Waals surface area contributed by atoms with Gasteiger partial charge in [0.1, 0.15) is 0 Å². The molecule has 0 aromatic carbocycles. The Kier molecular flexibility index (Phi) is 7.54. The van der Waals surface area contributed by atoms with Crippen molar-refractivity contribution in [2.24, 2.45) is 0 Å². The lowest BCUT2D eigenvalue weighted by Gasteiger charge is -2.30. The zero-order chi connectivity index (χ0) is 15.0. The van der Waals surface area contributed by atoms with E-state index in [4.69, 9.17) is 21.1 Å². The van der Waals surface area contributed by atoms with Crippen LogP contribution in [0.4, 0.5) is 5.95 Å². The first-order valence-corrected chi connectivity index (χ1v) is 7.33. The van der Waals surface area contributed by atoms with E-state index in [2.05, 4.69) is 33.7 Å². The molecule has 0 atom stereocenters. The first-order chi connectivity index (χ1) is 9.65. The van der Waals surface area contributed by atoms with Crippen LogP contribution in [0.1, 0.15) is 33.6 Å². The van der Waals surface area contributed by atoms with Crippen molar-refractivity contribution < 1.29 is 9.47 Å². The lowest BCUT2D eigenvalue weighted by atomic mass is 10.1. The van der Waals surface area contributed by atoms with E-state index in [9.17, 15) is 0 Å². The van der Waals surface area contributed by atoms with Crippen molar-refractivity contribution in [3.05, 3.63) is 5.28 Å². The van der Waals surface area contributed by atoms with Crippen molar-refractivity contribution in [3.63, 3.8) is 0 Å². The molecule has 6 nitrogen and oxygen atoms in total. The second-order valence-corrected chi connectivity index (χ2v) is 4.61. The van der Waals surface area contributed by atoms with Gasteiger partial charge in [-0.15, -0.1) is 0 Å². The van der Waals surface area contributed by atoms with E-state index >= 15 is 0 Å². The number of halogens is 1. The largest absolute Gasteiger partial charge is 0.464 e. The first-order valence-electron chi connectivity index (χ1n) is 6.96. The number of hydrogen-bond acceptors (Lipinski definition) is 6. The maximum Gasteiger partial charge on any atom is 0.322 e. The second kappa shape index (κ2) is 8.92. The molecule has 0 aliphatic carbocycles. The molecule has 0 fully saturated rings. The monoisotopic (exact) mass is 302 g/mol. The molecule has 1 rings (SSSR count). The molecule has 0 saturated heterocycles. The first kappa shape index (κ1) is 16.9. The predicted molar refractivity (Wildman–Crippen MR) is 79.6 cm³/mol. The van der Waals surface area contributed by atoms with E-state index < -0.39 is 0 Å². The van der Waals surface area contributed by atoms with Crippen molar-refractivity contribution >= 4 is 17.5 Å². The summed E-state index contributed by atoms with van der Waals surface area (Å²) in [6.07, 6.45) is 1.99. The van der Waals surface area contributed by atoms with Gasteiger partial charge in [0.2, 0.25) is 11.2 Å². The van der Waals surface area contributed by atoms with Gasteiger partial charge in [-0.2, -0.15) is 15.0 Å². The maximum absolute atomic E-state index is 5.95. The summed E-state index contributed by atoms with van der Waals surface area (Å²) in [5.74, 6) is 0.541. The number of methoxy groups -OCH3 is 1. The molecule has 0 radical (unpaired) electrons. The molecule has 1 aromatic heterocycles. The average molecular weight is 303 g/mol. The van der Waals surface area contributed by atoms with Crippen LogP contribution in [0.2, 0.25) is 5.28 Å². The zero-order valence-electron chi connectivity index (χ0n) is 12.6. The van der Waals surface area contributed by atoms with Crippen LogP contribution in [0.3, 0.4) is 0 Å². The molecule has 0 aliphatic heterocycles. The van der Waals surface area contributed by atoms with Crippen LogP contribution in [-0.4, -0.2) is 47.9 Å². The Bertz CT molecular complexity index is 402. The van der Waals surface area contributed by atoms with Crippen LogP contribution in [0, 0.1) is 0 Å². The molecule has 1 heterocycles. The normalized spacial score (nSPS) is 10.9. The van der Waals surface area contributed by atoms with E-state index in [0.717, 1.165) is 12.8 Å². The number of aromatic nitrogens is 3.